The average molecular weight is 609 g/mol. The first-order valence-electron chi connectivity index (χ1n) is 15.4. The first-order valence-corrected chi connectivity index (χ1v) is 16.2. The summed E-state index contributed by atoms with van der Waals surface area (Å²) in [6.45, 7) is 6.19. The van der Waals surface area contributed by atoms with Crippen molar-refractivity contribution in [1.82, 2.24) is 19.1 Å². The van der Waals surface area contributed by atoms with Crippen molar-refractivity contribution in [3.63, 3.8) is 0 Å². The molecule has 0 radical (unpaired) electrons. The molecule has 0 unspecified atom stereocenters. The SMILES string of the molecule is C=C/C=C\c1c(C)c2c(ccc3c4ccccc4n(-c4nc(-c5ccccc5)nc5c4sc4ccccc45)c32)n1-c1ccccc1. The summed E-state index contributed by atoms with van der Waals surface area (Å²) in [5.41, 5.74) is 8.85. The van der Waals surface area contributed by atoms with Crippen LogP contribution in [0.5, 0.6) is 0 Å². The lowest BCUT2D eigenvalue weighted by molar-refractivity contribution is 1.08. The molecule has 5 aromatic carbocycles. The Morgan fingerprint density at radius 3 is 2.20 bits per heavy atom. The minimum atomic E-state index is 0.720. The largest absolute Gasteiger partial charge is 0.310 e. The van der Waals surface area contributed by atoms with Crippen LogP contribution < -0.4 is 0 Å². The van der Waals surface area contributed by atoms with Gasteiger partial charge in [0.15, 0.2) is 11.6 Å². The lowest BCUT2D eigenvalue weighted by atomic mass is 10.1. The molecule has 0 amide bonds. The Morgan fingerprint density at radius 1 is 0.674 bits per heavy atom. The molecule has 0 N–H and O–H groups in total. The number of nitrogens with zero attached hydrogens (tertiary/aromatic N) is 4. The molecule has 0 aliphatic rings. The summed E-state index contributed by atoms with van der Waals surface area (Å²) in [6, 6.07) is 42.7. The summed E-state index contributed by atoms with van der Waals surface area (Å²) in [6.07, 6.45) is 6.02. The molecule has 0 atom stereocenters. The second-order valence-corrected chi connectivity index (χ2v) is 12.5. The van der Waals surface area contributed by atoms with Crippen LogP contribution in [0.2, 0.25) is 0 Å². The van der Waals surface area contributed by atoms with E-state index < -0.39 is 0 Å². The van der Waals surface area contributed by atoms with E-state index >= 15 is 0 Å². The minimum absolute atomic E-state index is 0.720. The third-order valence-electron chi connectivity index (χ3n) is 8.91. The van der Waals surface area contributed by atoms with Gasteiger partial charge in [0.2, 0.25) is 0 Å². The van der Waals surface area contributed by atoms with Gasteiger partial charge in [0.25, 0.3) is 0 Å². The van der Waals surface area contributed by atoms with Gasteiger partial charge >= 0.3 is 0 Å². The number of rotatable bonds is 5. The maximum absolute atomic E-state index is 5.41. The monoisotopic (exact) mass is 608 g/mol. The molecule has 0 bridgehead atoms. The van der Waals surface area contributed by atoms with Crippen molar-refractivity contribution in [3.8, 4) is 22.9 Å². The summed E-state index contributed by atoms with van der Waals surface area (Å²) < 4.78 is 7.03. The molecular weight excluding hydrogens is 581 g/mol. The van der Waals surface area contributed by atoms with Crippen LogP contribution in [0.25, 0.3) is 82.0 Å². The number of para-hydroxylation sites is 2. The fourth-order valence-corrected chi connectivity index (χ4v) is 8.03. The number of aromatic nitrogens is 4. The second-order valence-electron chi connectivity index (χ2n) is 11.5. The predicted molar refractivity (Wildman–Crippen MR) is 195 cm³/mol. The molecule has 0 aliphatic heterocycles. The van der Waals surface area contributed by atoms with Crippen molar-refractivity contribution in [3.05, 3.63) is 151 Å². The molecule has 0 saturated heterocycles. The molecule has 218 valence electrons. The Balaban J connectivity index is 1.50. The zero-order valence-corrected chi connectivity index (χ0v) is 26.0. The van der Waals surface area contributed by atoms with Crippen molar-refractivity contribution in [1.29, 1.82) is 0 Å². The van der Waals surface area contributed by atoms with Gasteiger partial charge in [0, 0.05) is 43.2 Å². The molecular formula is C41H28N4S. The average Bonchev–Trinajstić information content (AvgIpc) is 3.75. The molecule has 4 nitrogen and oxygen atoms in total. The van der Waals surface area contributed by atoms with E-state index in [0.717, 1.165) is 60.7 Å². The highest BCUT2D eigenvalue weighted by atomic mass is 32.1. The number of aryl methyl sites for hydroxylation is 1. The van der Waals surface area contributed by atoms with Gasteiger partial charge in [-0.25, -0.2) is 9.97 Å². The molecule has 0 fully saturated rings. The van der Waals surface area contributed by atoms with Gasteiger partial charge in [-0.05, 0) is 48.9 Å². The first-order chi connectivity index (χ1) is 22.7. The van der Waals surface area contributed by atoms with Crippen molar-refractivity contribution < 1.29 is 0 Å². The predicted octanol–water partition coefficient (Wildman–Crippen LogP) is 11.1. The topological polar surface area (TPSA) is 35.6 Å². The number of fused-ring (bicyclic) bond motifs is 8. The zero-order valence-electron chi connectivity index (χ0n) is 25.2. The quantitative estimate of drug-likeness (QED) is 0.182. The van der Waals surface area contributed by atoms with Crippen LogP contribution in [0.15, 0.2) is 140 Å². The Hall–Kier alpha value is -5.78. The van der Waals surface area contributed by atoms with Crippen molar-refractivity contribution in [2.45, 2.75) is 6.92 Å². The molecule has 46 heavy (non-hydrogen) atoms. The number of hydrogen-bond donors (Lipinski definition) is 0. The van der Waals surface area contributed by atoms with Gasteiger partial charge < -0.3 is 4.57 Å². The van der Waals surface area contributed by atoms with E-state index in [2.05, 4.69) is 132 Å². The van der Waals surface area contributed by atoms with E-state index in [1.165, 1.54) is 26.4 Å². The molecule has 5 heteroatoms. The fourth-order valence-electron chi connectivity index (χ4n) is 6.91. The molecule has 0 aliphatic carbocycles. The third-order valence-corrected chi connectivity index (χ3v) is 10.1. The minimum Gasteiger partial charge on any atom is -0.310 e. The Bertz CT molecular complexity index is 2660. The van der Waals surface area contributed by atoms with E-state index in [1.54, 1.807) is 11.3 Å². The molecule has 4 heterocycles. The standard InChI is InChI=1S/C41H28N4S/c1-3-4-21-32-26(2)36-34(44(32)28-17-9-6-10-18-28)25-24-30-29-19-11-13-22-33(29)45(38(30)36)41-39-37(31-20-12-14-23-35(31)46-39)42-40(43-41)27-15-7-5-8-16-27/h3-25H,1H2,2H3/b21-4-. The molecule has 9 rings (SSSR count). The fraction of sp³-hybridized carbons (Fsp3) is 0.0244. The Morgan fingerprint density at radius 2 is 1.39 bits per heavy atom. The van der Waals surface area contributed by atoms with Crippen LogP contribution in [0.4, 0.5) is 0 Å². The summed E-state index contributed by atoms with van der Waals surface area (Å²) in [7, 11) is 0. The van der Waals surface area contributed by atoms with Crippen LogP contribution in [0.3, 0.4) is 0 Å². The lowest BCUT2D eigenvalue weighted by Crippen LogP contribution is -2.02. The van der Waals surface area contributed by atoms with Crippen LogP contribution in [-0.2, 0) is 0 Å². The van der Waals surface area contributed by atoms with Gasteiger partial charge in [-0.15, -0.1) is 11.3 Å². The summed E-state index contributed by atoms with van der Waals surface area (Å²) >= 11 is 1.76. The first kappa shape index (κ1) is 26.6. The van der Waals surface area contributed by atoms with Crippen molar-refractivity contribution >= 4 is 70.4 Å². The summed E-state index contributed by atoms with van der Waals surface area (Å²) in [5, 5.41) is 4.75. The van der Waals surface area contributed by atoms with Crippen molar-refractivity contribution in [2.24, 2.45) is 0 Å². The lowest BCUT2D eigenvalue weighted by Gasteiger charge is -2.12. The number of allylic oxidation sites excluding steroid dienone is 2. The highest BCUT2D eigenvalue weighted by molar-refractivity contribution is 7.26. The third kappa shape index (κ3) is 3.85. The molecule has 9 aromatic rings. The van der Waals surface area contributed by atoms with Crippen molar-refractivity contribution in [2.75, 3.05) is 0 Å². The van der Waals surface area contributed by atoms with Gasteiger partial charge in [0.1, 0.15) is 0 Å². The molecule has 0 saturated carbocycles. The summed E-state index contributed by atoms with van der Waals surface area (Å²) in [4.78, 5) is 10.6. The molecule has 0 spiro atoms. The van der Waals surface area contributed by atoms with Gasteiger partial charge in [-0.2, -0.15) is 0 Å². The smallest absolute Gasteiger partial charge is 0.162 e. The molecule has 4 aromatic heterocycles. The Labute approximate surface area is 269 Å². The van der Waals surface area contributed by atoms with E-state index in [0.29, 0.717) is 0 Å². The summed E-state index contributed by atoms with van der Waals surface area (Å²) in [5.74, 6) is 1.62. The number of benzene rings is 5. The number of thiophene rings is 1. The van der Waals surface area contributed by atoms with E-state index in [-0.39, 0.29) is 0 Å². The normalized spacial score (nSPS) is 12.0. The van der Waals surface area contributed by atoms with Gasteiger partial charge in [-0.1, -0.05) is 110 Å². The van der Waals surface area contributed by atoms with E-state index in [9.17, 15) is 0 Å². The van der Waals surface area contributed by atoms with E-state index in [4.69, 9.17) is 9.97 Å². The van der Waals surface area contributed by atoms with Crippen LogP contribution in [0.1, 0.15) is 11.3 Å². The maximum atomic E-state index is 5.41. The highest BCUT2D eigenvalue weighted by Gasteiger charge is 2.24. The second kappa shape index (κ2) is 10.4. The van der Waals surface area contributed by atoms with E-state index in [1.807, 2.05) is 30.4 Å². The number of hydrogen-bond acceptors (Lipinski definition) is 3. The maximum Gasteiger partial charge on any atom is 0.162 e. The highest BCUT2D eigenvalue weighted by Crippen LogP contribution is 2.44. The Kier molecular flexibility index (Phi) is 6.02. The van der Waals surface area contributed by atoms with Crippen LogP contribution >= 0.6 is 11.3 Å². The van der Waals surface area contributed by atoms with Gasteiger partial charge in [-0.3, -0.25) is 4.57 Å². The van der Waals surface area contributed by atoms with Crippen LogP contribution in [-0.4, -0.2) is 19.1 Å². The van der Waals surface area contributed by atoms with Gasteiger partial charge in [0.05, 0.1) is 26.8 Å². The zero-order chi connectivity index (χ0) is 30.8. The van der Waals surface area contributed by atoms with Crippen LogP contribution in [0, 0.1) is 6.92 Å².